The maximum Gasteiger partial charge on any atom is 0.165 e. The molecule has 1 aromatic rings. The summed E-state index contributed by atoms with van der Waals surface area (Å²) in [6.45, 7) is 0.502. The molecule has 1 N–H and O–H groups in total. The molecule has 1 aliphatic heterocycles. The lowest BCUT2D eigenvalue weighted by atomic mass is 10.0. The molecule has 0 fully saturated rings. The fraction of sp³-hybridized carbons (Fsp3) is 0.167. The number of ketones is 1. The van der Waals surface area contributed by atoms with Crippen molar-refractivity contribution in [2.45, 2.75) is 6.42 Å². The van der Waals surface area contributed by atoms with E-state index in [1.807, 2.05) is 0 Å². The van der Waals surface area contributed by atoms with Crippen LogP contribution < -0.4 is 5.32 Å². The summed E-state index contributed by atoms with van der Waals surface area (Å²) in [5.41, 5.74) is 1.05. The lowest BCUT2D eigenvalue weighted by Crippen LogP contribution is -2.20. The second-order valence-corrected chi connectivity index (χ2v) is 3.50. The highest BCUT2D eigenvalue weighted by Crippen LogP contribution is 2.10. The van der Waals surface area contributed by atoms with Crippen LogP contribution in [-0.2, 0) is 11.2 Å². The molecule has 0 radical (unpaired) electrons. The van der Waals surface area contributed by atoms with Crippen molar-refractivity contribution in [3.63, 3.8) is 0 Å². The van der Waals surface area contributed by atoms with Crippen LogP contribution in [0.2, 0.25) is 0 Å². The molecule has 1 aromatic heterocycles. The Bertz CT molecular complexity index is 466. The molecule has 82 valence electrons. The van der Waals surface area contributed by atoms with Crippen LogP contribution in [-0.4, -0.2) is 17.3 Å². The van der Waals surface area contributed by atoms with E-state index in [1.54, 1.807) is 18.4 Å². The Morgan fingerprint density at radius 3 is 3.12 bits per heavy atom. The molecule has 0 saturated carbocycles. The topological polar surface area (TPSA) is 42.0 Å². The number of nitrogens with zero attached hydrogens (tertiary/aromatic N) is 1. The summed E-state index contributed by atoms with van der Waals surface area (Å²) in [5.74, 6) is -0.502. The maximum absolute atomic E-state index is 13.3. The number of aromatic nitrogens is 1. The van der Waals surface area contributed by atoms with E-state index in [4.69, 9.17) is 0 Å². The predicted molar refractivity (Wildman–Crippen MR) is 58.1 cm³/mol. The molecule has 4 heteroatoms. The van der Waals surface area contributed by atoms with E-state index in [0.717, 1.165) is 6.20 Å². The smallest absolute Gasteiger partial charge is 0.165 e. The molecule has 0 atom stereocenters. The van der Waals surface area contributed by atoms with Gasteiger partial charge in [-0.15, -0.1) is 0 Å². The first-order valence-electron chi connectivity index (χ1n) is 4.98. The Hall–Kier alpha value is -1.97. The summed E-state index contributed by atoms with van der Waals surface area (Å²) in [4.78, 5) is 15.4. The summed E-state index contributed by atoms with van der Waals surface area (Å²) in [7, 11) is 0. The fourth-order valence-corrected chi connectivity index (χ4v) is 1.49. The number of allylic oxidation sites excluding steroid dienone is 2. The third kappa shape index (κ3) is 2.34. The first-order valence-corrected chi connectivity index (χ1v) is 4.98. The average molecular weight is 218 g/mol. The van der Waals surface area contributed by atoms with Crippen molar-refractivity contribution in [3.05, 3.63) is 53.8 Å². The molecule has 0 aliphatic carbocycles. The Morgan fingerprint density at radius 1 is 1.56 bits per heavy atom. The van der Waals surface area contributed by atoms with E-state index in [9.17, 15) is 9.18 Å². The highest BCUT2D eigenvalue weighted by atomic mass is 19.1. The largest absolute Gasteiger partial charge is 0.387 e. The second kappa shape index (κ2) is 4.70. The molecule has 16 heavy (non-hydrogen) atoms. The first kappa shape index (κ1) is 10.5. The highest BCUT2D eigenvalue weighted by Gasteiger charge is 2.13. The van der Waals surface area contributed by atoms with Crippen LogP contribution in [0.15, 0.2) is 42.4 Å². The first-order chi connectivity index (χ1) is 7.77. The van der Waals surface area contributed by atoms with Crippen molar-refractivity contribution in [1.29, 1.82) is 0 Å². The van der Waals surface area contributed by atoms with Crippen molar-refractivity contribution in [2.75, 3.05) is 6.54 Å². The molecule has 0 bridgehead atoms. The normalized spacial score (nSPS) is 14.2. The maximum atomic E-state index is 13.3. The molecule has 0 amide bonds. The van der Waals surface area contributed by atoms with Crippen LogP contribution >= 0.6 is 0 Å². The molecular formula is C12H11FN2O. The monoisotopic (exact) mass is 218 g/mol. The molecule has 0 spiro atoms. The Balaban J connectivity index is 2.11. The molecule has 3 nitrogen and oxygen atoms in total. The minimum absolute atomic E-state index is 0.0676. The molecule has 0 unspecified atom stereocenters. The summed E-state index contributed by atoms with van der Waals surface area (Å²) in [6, 6.07) is 1.53. The number of nitrogens with one attached hydrogen (secondary N) is 1. The average Bonchev–Trinajstić information content (AvgIpc) is 2.33. The summed E-state index contributed by atoms with van der Waals surface area (Å²) in [5, 5.41) is 2.94. The van der Waals surface area contributed by atoms with Crippen molar-refractivity contribution < 1.29 is 9.18 Å². The van der Waals surface area contributed by atoms with Gasteiger partial charge in [-0.05, 0) is 23.9 Å². The summed E-state index contributed by atoms with van der Waals surface area (Å²) >= 11 is 0. The van der Waals surface area contributed by atoms with Gasteiger partial charge in [0.2, 0.25) is 0 Å². The van der Waals surface area contributed by atoms with Gasteiger partial charge in [0.05, 0.1) is 6.20 Å². The van der Waals surface area contributed by atoms with Gasteiger partial charge in [0.15, 0.2) is 5.78 Å². The summed E-state index contributed by atoms with van der Waals surface area (Å²) in [6.07, 6.45) is 7.96. The molecular weight excluding hydrogens is 207 g/mol. The Labute approximate surface area is 92.7 Å². The minimum atomic E-state index is -0.434. The lowest BCUT2D eigenvalue weighted by Gasteiger charge is -2.09. The van der Waals surface area contributed by atoms with Gasteiger partial charge in [0.1, 0.15) is 5.82 Å². The molecule has 1 aliphatic rings. The number of rotatable bonds is 3. The van der Waals surface area contributed by atoms with Gasteiger partial charge in [0, 0.05) is 24.7 Å². The molecule has 2 rings (SSSR count). The number of halogens is 1. The number of carbonyl (C=O) groups excluding carboxylic acids is 1. The molecule has 0 saturated heterocycles. The lowest BCUT2D eigenvalue weighted by molar-refractivity contribution is -0.115. The predicted octanol–water partition coefficient (Wildman–Crippen LogP) is 1.38. The zero-order valence-corrected chi connectivity index (χ0v) is 8.61. The van der Waals surface area contributed by atoms with Gasteiger partial charge in [-0.3, -0.25) is 9.78 Å². The highest BCUT2D eigenvalue weighted by molar-refractivity contribution is 5.97. The summed E-state index contributed by atoms with van der Waals surface area (Å²) < 4.78 is 13.3. The van der Waals surface area contributed by atoms with Gasteiger partial charge in [-0.1, -0.05) is 6.08 Å². The zero-order valence-electron chi connectivity index (χ0n) is 8.61. The quantitative estimate of drug-likeness (QED) is 0.833. The van der Waals surface area contributed by atoms with E-state index in [2.05, 4.69) is 10.3 Å². The van der Waals surface area contributed by atoms with E-state index >= 15 is 0 Å². The van der Waals surface area contributed by atoms with Crippen LogP contribution in [0.3, 0.4) is 0 Å². The third-order valence-electron chi connectivity index (χ3n) is 2.37. The van der Waals surface area contributed by atoms with E-state index in [1.165, 1.54) is 12.3 Å². The van der Waals surface area contributed by atoms with Crippen molar-refractivity contribution in [2.24, 2.45) is 0 Å². The van der Waals surface area contributed by atoms with E-state index in [-0.39, 0.29) is 12.2 Å². The number of hydrogen-bond acceptors (Lipinski definition) is 3. The fourth-order valence-electron chi connectivity index (χ4n) is 1.49. The standard InChI is InChI=1S/C12H11FN2O/c13-11-8-15-5-3-9(11)6-12(16)10-2-1-4-14-7-10/h1-5,8,14H,6-7H2. The van der Waals surface area contributed by atoms with Gasteiger partial charge < -0.3 is 5.32 Å². The van der Waals surface area contributed by atoms with Crippen molar-refractivity contribution >= 4 is 5.78 Å². The van der Waals surface area contributed by atoms with Gasteiger partial charge in [-0.2, -0.15) is 0 Å². The number of carbonyl (C=O) groups is 1. The van der Waals surface area contributed by atoms with Crippen LogP contribution in [0.4, 0.5) is 4.39 Å². The van der Waals surface area contributed by atoms with Crippen LogP contribution in [0.5, 0.6) is 0 Å². The van der Waals surface area contributed by atoms with Crippen LogP contribution in [0.25, 0.3) is 0 Å². The Kier molecular flexibility index (Phi) is 3.10. The van der Waals surface area contributed by atoms with Crippen molar-refractivity contribution in [1.82, 2.24) is 10.3 Å². The van der Waals surface area contributed by atoms with Crippen LogP contribution in [0, 0.1) is 5.82 Å². The number of hydrogen-bond donors (Lipinski definition) is 1. The SMILES string of the molecule is O=C(Cc1ccncc1F)C1=CC=CNC1. The number of pyridine rings is 1. The Morgan fingerprint density at radius 2 is 2.44 bits per heavy atom. The third-order valence-corrected chi connectivity index (χ3v) is 2.37. The minimum Gasteiger partial charge on any atom is -0.387 e. The van der Waals surface area contributed by atoms with Crippen molar-refractivity contribution in [3.8, 4) is 0 Å². The van der Waals surface area contributed by atoms with Gasteiger partial charge >= 0.3 is 0 Å². The zero-order chi connectivity index (χ0) is 11.4. The van der Waals surface area contributed by atoms with Gasteiger partial charge in [-0.25, -0.2) is 4.39 Å². The number of Topliss-reactive ketones (excluding diaryl/α,β-unsaturated/α-hetero) is 1. The van der Waals surface area contributed by atoms with Gasteiger partial charge in [0.25, 0.3) is 0 Å². The number of dihydropyridines is 1. The molecule has 0 aromatic carbocycles. The second-order valence-electron chi connectivity index (χ2n) is 3.50. The van der Waals surface area contributed by atoms with E-state index in [0.29, 0.717) is 17.7 Å². The molecule has 2 heterocycles. The van der Waals surface area contributed by atoms with E-state index < -0.39 is 5.82 Å². The van der Waals surface area contributed by atoms with Crippen LogP contribution in [0.1, 0.15) is 5.56 Å².